The van der Waals surface area contributed by atoms with Gasteiger partial charge in [-0.05, 0) is 12.8 Å². The van der Waals surface area contributed by atoms with Crippen LogP contribution in [0, 0.1) is 5.92 Å². The lowest BCUT2D eigenvalue weighted by Crippen LogP contribution is -2.36. The van der Waals surface area contributed by atoms with Crippen LogP contribution in [0.2, 0.25) is 0 Å². The van der Waals surface area contributed by atoms with Gasteiger partial charge in [0.15, 0.2) is 0 Å². The second kappa shape index (κ2) is 6.04. The highest BCUT2D eigenvalue weighted by Crippen LogP contribution is 2.02. The maximum atomic E-state index is 11.3. The molecular formula is C10H23NO. The van der Waals surface area contributed by atoms with E-state index in [9.17, 15) is 4.79 Å². The lowest BCUT2D eigenvalue weighted by Gasteiger charge is -2.17. The van der Waals surface area contributed by atoms with Crippen molar-refractivity contribution in [2.24, 2.45) is 5.92 Å². The van der Waals surface area contributed by atoms with E-state index in [4.69, 9.17) is 0 Å². The summed E-state index contributed by atoms with van der Waals surface area (Å²) in [7, 11) is 0. The SMILES string of the molecule is CCCC(CC)NC(=O)C(C)C.[HH]. The molecule has 2 heteroatoms. The Morgan fingerprint density at radius 1 is 1.42 bits per heavy atom. The molecule has 1 atom stereocenters. The minimum atomic E-state index is 0. The third-order valence-electron chi connectivity index (χ3n) is 2.00. The topological polar surface area (TPSA) is 29.1 Å². The van der Waals surface area contributed by atoms with Gasteiger partial charge < -0.3 is 5.32 Å². The van der Waals surface area contributed by atoms with Gasteiger partial charge in [-0.1, -0.05) is 34.1 Å². The van der Waals surface area contributed by atoms with E-state index in [2.05, 4.69) is 19.2 Å². The molecule has 0 aromatic rings. The molecule has 0 aliphatic rings. The molecule has 0 saturated heterocycles. The Morgan fingerprint density at radius 2 is 2.00 bits per heavy atom. The lowest BCUT2D eigenvalue weighted by molar-refractivity contribution is -0.124. The molecule has 0 fully saturated rings. The van der Waals surface area contributed by atoms with Crippen LogP contribution in [0.4, 0.5) is 0 Å². The highest BCUT2D eigenvalue weighted by molar-refractivity contribution is 5.78. The first-order valence-electron chi connectivity index (χ1n) is 4.92. The number of hydrogen-bond acceptors (Lipinski definition) is 1. The predicted octanol–water partition coefficient (Wildman–Crippen LogP) is 2.58. The summed E-state index contributed by atoms with van der Waals surface area (Å²) in [6, 6.07) is 0.380. The Balaban J connectivity index is 0. The van der Waals surface area contributed by atoms with Crippen LogP contribution in [0.1, 0.15) is 48.4 Å². The Hall–Kier alpha value is -0.530. The zero-order valence-electron chi connectivity index (χ0n) is 8.68. The summed E-state index contributed by atoms with van der Waals surface area (Å²) >= 11 is 0. The van der Waals surface area contributed by atoms with Gasteiger partial charge in [0.1, 0.15) is 0 Å². The monoisotopic (exact) mass is 173 g/mol. The van der Waals surface area contributed by atoms with Gasteiger partial charge in [-0.15, -0.1) is 0 Å². The third kappa shape index (κ3) is 4.37. The van der Waals surface area contributed by atoms with Crippen LogP contribution in [0.5, 0.6) is 0 Å². The molecule has 0 radical (unpaired) electrons. The molecule has 74 valence electrons. The van der Waals surface area contributed by atoms with E-state index in [-0.39, 0.29) is 13.3 Å². The molecule has 1 amide bonds. The quantitative estimate of drug-likeness (QED) is 0.680. The molecule has 12 heavy (non-hydrogen) atoms. The van der Waals surface area contributed by atoms with Crippen molar-refractivity contribution in [3.05, 3.63) is 0 Å². The molecule has 0 aromatic carbocycles. The molecule has 0 spiro atoms. The normalized spacial score (nSPS) is 13.1. The average molecular weight is 173 g/mol. The summed E-state index contributed by atoms with van der Waals surface area (Å²) in [5.74, 6) is 0.284. The fourth-order valence-electron chi connectivity index (χ4n) is 1.09. The van der Waals surface area contributed by atoms with Gasteiger partial charge in [0.05, 0.1) is 0 Å². The number of carbonyl (C=O) groups excluding carboxylic acids is 1. The zero-order chi connectivity index (χ0) is 9.56. The van der Waals surface area contributed by atoms with Crippen molar-refractivity contribution in [3.63, 3.8) is 0 Å². The lowest BCUT2D eigenvalue weighted by atomic mass is 10.1. The molecule has 2 nitrogen and oxygen atoms in total. The van der Waals surface area contributed by atoms with Crippen LogP contribution in [0.15, 0.2) is 0 Å². The maximum absolute atomic E-state index is 11.3. The summed E-state index contributed by atoms with van der Waals surface area (Å²) in [4.78, 5) is 11.3. The Morgan fingerprint density at radius 3 is 2.33 bits per heavy atom. The van der Waals surface area contributed by atoms with E-state index in [0.29, 0.717) is 6.04 Å². The van der Waals surface area contributed by atoms with E-state index in [1.807, 2.05) is 13.8 Å². The summed E-state index contributed by atoms with van der Waals surface area (Å²) in [6.45, 7) is 8.10. The van der Waals surface area contributed by atoms with Gasteiger partial charge in [-0.25, -0.2) is 0 Å². The minimum absolute atomic E-state index is 0. The van der Waals surface area contributed by atoms with Gasteiger partial charge in [0.2, 0.25) is 5.91 Å². The van der Waals surface area contributed by atoms with Gasteiger partial charge in [0.25, 0.3) is 0 Å². The molecule has 0 heterocycles. The number of rotatable bonds is 5. The third-order valence-corrected chi connectivity index (χ3v) is 2.00. The summed E-state index contributed by atoms with van der Waals surface area (Å²) in [5.41, 5.74) is 0. The summed E-state index contributed by atoms with van der Waals surface area (Å²) in [6.07, 6.45) is 3.26. The zero-order valence-corrected chi connectivity index (χ0v) is 8.68. The predicted molar refractivity (Wildman–Crippen MR) is 54.1 cm³/mol. The highest BCUT2D eigenvalue weighted by Gasteiger charge is 2.11. The van der Waals surface area contributed by atoms with E-state index in [1.165, 1.54) is 0 Å². The van der Waals surface area contributed by atoms with Crippen molar-refractivity contribution < 1.29 is 6.22 Å². The minimum Gasteiger partial charge on any atom is -0.353 e. The summed E-state index contributed by atoms with van der Waals surface area (Å²) in [5, 5.41) is 3.03. The Bertz CT molecular complexity index is 137. The fraction of sp³-hybridized carbons (Fsp3) is 0.900. The molecule has 0 aromatic heterocycles. The van der Waals surface area contributed by atoms with Gasteiger partial charge in [-0.3, -0.25) is 4.79 Å². The van der Waals surface area contributed by atoms with Crippen LogP contribution >= 0.6 is 0 Å². The second-order valence-corrected chi connectivity index (χ2v) is 3.56. The highest BCUT2D eigenvalue weighted by atomic mass is 16.1. The van der Waals surface area contributed by atoms with Crippen LogP contribution < -0.4 is 5.32 Å². The van der Waals surface area contributed by atoms with Crippen LogP contribution in [-0.4, -0.2) is 11.9 Å². The fourth-order valence-corrected chi connectivity index (χ4v) is 1.09. The number of amides is 1. The second-order valence-electron chi connectivity index (χ2n) is 3.56. The van der Waals surface area contributed by atoms with Gasteiger partial charge in [0, 0.05) is 13.4 Å². The molecule has 0 saturated carbocycles. The van der Waals surface area contributed by atoms with Crippen molar-refractivity contribution in [1.29, 1.82) is 0 Å². The Kier molecular flexibility index (Phi) is 5.77. The van der Waals surface area contributed by atoms with Crippen molar-refractivity contribution in [2.75, 3.05) is 0 Å². The van der Waals surface area contributed by atoms with Crippen LogP contribution in [0.3, 0.4) is 0 Å². The molecule has 0 aliphatic heterocycles. The van der Waals surface area contributed by atoms with Crippen LogP contribution in [-0.2, 0) is 4.79 Å². The van der Waals surface area contributed by atoms with Crippen LogP contribution in [0.25, 0.3) is 0 Å². The summed E-state index contributed by atoms with van der Waals surface area (Å²) < 4.78 is 0. The standard InChI is InChI=1S/C10H21NO.H2/c1-5-7-9(6-2)11-10(12)8(3)4;/h8-9H,5-7H2,1-4H3,(H,11,12);1H. The van der Waals surface area contributed by atoms with Crippen molar-refractivity contribution in [1.82, 2.24) is 5.32 Å². The molecule has 0 rings (SSSR count). The first-order valence-corrected chi connectivity index (χ1v) is 4.92. The van der Waals surface area contributed by atoms with E-state index < -0.39 is 0 Å². The van der Waals surface area contributed by atoms with E-state index >= 15 is 0 Å². The number of carbonyl (C=O) groups is 1. The molecule has 0 bridgehead atoms. The van der Waals surface area contributed by atoms with E-state index in [0.717, 1.165) is 19.3 Å². The number of hydrogen-bond donors (Lipinski definition) is 1. The molecule has 1 unspecified atom stereocenters. The smallest absolute Gasteiger partial charge is 0.222 e. The van der Waals surface area contributed by atoms with Gasteiger partial charge in [-0.2, -0.15) is 0 Å². The number of nitrogens with one attached hydrogen (secondary N) is 1. The molecule has 1 N–H and O–H groups in total. The average Bonchev–Trinajstić information content (AvgIpc) is 2.03. The van der Waals surface area contributed by atoms with E-state index in [1.54, 1.807) is 0 Å². The Labute approximate surface area is 77.2 Å². The van der Waals surface area contributed by atoms with Crippen molar-refractivity contribution in [3.8, 4) is 0 Å². The van der Waals surface area contributed by atoms with Crippen molar-refractivity contribution in [2.45, 2.75) is 53.0 Å². The molecule has 0 aliphatic carbocycles. The maximum Gasteiger partial charge on any atom is 0.222 e. The van der Waals surface area contributed by atoms with Gasteiger partial charge >= 0.3 is 0 Å². The molecular weight excluding hydrogens is 150 g/mol. The first-order chi connectivity index (χ1) is 5.61. The largest absolute Gasteiger partial charge is 0.353 e. The van der Waals surface area contributed by atoms with Crippen molar-refractivity contribution >= 4 is 5.91 Å². The first kappa shape index (κ1) is 11.5.